The number of carbonyl (C=O) groups excluding carboxylic acids is 1. The molecule has 0 spiro atoms. The fourth-order valence-corrected chi connectivity index (χ4v) is 1.45. The third-order valence-corrected chi connectivity index (χ3v) is 2.52. The number of hydrogen-bond donors (Lipinski definition) is 1. The van der Waals surface area contributed by atoms with Crippen molar-refractivity contribution in [2.24, 2.45) is 5.73 Å². The van der Waals surface area contributed by atoms with Crippen molar-refractivity contribution >= 4 is 5.91 Å². The van der Waals surface area contributed by atoms with E-state index in [9.17, 15) is 13.6 Å². The van der Waals surface area contributed by atoms with Crippen LogP contribution < -0.4 is 5.73 Å². The van der Waals surface area contributed by atoms with E-state index in [4.69, 9.17) is 5.73 Å². The van der Waals surface area contributed by atoms with Gasteiger partial charge in [0.25, 0.3) is 0 Å². The van der Waals surface area contributed by atoms with Crippen LogP contribution in [0, 0.1) is 11.6 Å². The molecule has 5 heteroatoms. The van der Waals surface area contributed by atoms with Crippen LogP contribution in [0.5, 0.6) is 0 Å². The Morgan fingerprint density at radius 2 is 2.12 bits per heavy atom. The number of benzene rings is 1. The van der Waals surface area contributed by atoms with Crippen LogP contribution in [0.4, 0.5) is 8.78 Å². The molecule has 3 nitrogen and oxygen atoms in total. The summed E-state index contributed by atoms with van der Waals surface area (Å²) >= 11 is 0. The Morgan fingerprint density at radius 3 is 2.71 bits per heavy atom. The van der Waals surface area contributed by atoms with E-state index in [0.717, 1.165) is 6.07 Å². The third kappa shape index (κ3) is 4.11. The SMILES string of the molecule is CN(CCc1ccc(F)cc1F)C(=O)CCN. The highest BCUT2D eigenvalue weighted by Gasteiger charge is 2.09. The molecular formula is C12H16F2N2O. The van der Waals surface area contributed by atoms with Gasteiger partial charge in [-0.15, -0.1) is 0 Å². The molecule has 0 aromatic heterocycles. The first-order chi connectivity index (χ1) is 8.04. The van der Waals surface area contributed by atoms with Gasteiger partial charge >= 0.3 is 0 Å². The van der Waals surface area contributed by atoms with Crippen molar-refractivity contribution in [3.05, 3.63) is 35.4 Å². The quantitative estimate of drug-likeness (QED) is 0.846. The smallest absolute Gasteiger partial charge is 0.223 e. The Labute approximate surface area is 99.2 Å². The number of likely N-dealkylation sites (N-methyl/N-ethyl adjacent to an activating group) is 1. The molecule has 2 N–H and O–H groups in total. The van der Waals surface area contributed by atoms with E-state index in [0.29, 0.717) is 25.1 Å². The zero-order valence-corrected chi connectivity index (χ0v) is 9.75. The molecule has 1 rings (SSSR count). The molecular weight excluding hydrogens is 226 g/mol. The van der Waals surface area contributed by atoms with Crippen LogP contribution in [0.15, 0.2) is 18.2 Å². The molecule has 1 aromatic rings. The molecule has 17 heavy (non-hydrogen) atoms. The van der Waals surface area contributed by atoms with E-state index < -0.39 is 11.6 Å². The number of hydrogen-bond acceptors (Lipinski definition) is 2. The van der Waals surface area contributed by atoms with Crippen LogP contribution in [-0.4, -0.2) is 30.9 Å². The topological polar surface area (TPSA) is 46.3 Å². The van der Waals surface area contributed by atoms with E-state index in [1.165, 1.54) is 17.0 Å². The van der Waals surface area contributed by atoms with Gasteiger partial charge in [0, 0.05) is 32.6 Å². The summed E-state index contributed by atoms with van der Waals surface area (Å²) in [6.45, 7) is 0.690. The highest BCUT2D eigenvalue weighted by Crippen LogP contribution is 2.10. The first-order valence-electron chi connectivity index (χ1n) is 5.42. The van der Waals surface area contributed by atoms with Crippen LogP contribution >= 0.6 is 0 Å². The van der Waals surface area contributed by atoms with Gasteiger partial charge in [0.05, 0.1) is 0 Å². The number of halogens is 2. The summed E-state index contributed by atoms with van der Waals surface area (Å²) in [5, 5.41) is 0. The Morgan fingerprint density at radius 1 is 1.41 bits per heavy atom. The monoisotopic (exact) mass is 242 g/mol. The van der Waals surface area contributed by atoms with Crippen LogP contribution in [0.2, 0.25) is 0 Å². The molecule has 0 aliphatic heterocycles. The molecule has 0 aliphatic carbocycles. The molecule has 0 bridgehead atoms. The summed E-state index contributed by atoms with van der Waals surface area (Å²) in [5.41, 5.74) is 5.67. The fourth-order valence-electron chi connectivity index (χ4n) is 1.45. The van der Waals surface area contributed by atoms with Crippen molar-refractivity contribution in [2.75, 3.05) is 20.1 Å². The minimum absolute atomic E-state index is 0.0741. The van der Waals surface area contributed by atoms with Crippen LogP contribution in [0.3, 0.4) is 0 Å². The zero-order chi connectivity index (χ0) is 12.8. The second-order valence-electron chi connectivity index (χ2n) is 3.84. The lowest BCUT2D eigenvalue weighted by Crippen LogP contribution is -2.30. The normalized spacial score (nSPS) is 10.4. The van der Waals surface area contributed by atoms with Gasteiger partial charge in [-0.25, -0.2) is 8.78 Å². The van der Waals surface area contributed by atoms with E-state index in [1.54, 1.807) is 7.05 Å². The largest absolute Gasteiger partial charge is 0.345 e. The van der Waals surface area contributed by atoms with E-state index >= 15 is 0 Å². The van der Waals surface area contributed by atoms with Gasteiger partial charge in [-0.2, -0.15) is 0 Å². The van der Waals surface area contributed by atoms with Crippen molar-refractivity contribution in [2.45, 2.75) is 12.8 Å². The van der Waals surface area contributed by atoms with Crippen molar-refractivity contribution in [1.82, 2.24) is 4.90 Å². The number of amides is 1. The first-order valence-corrected chi connectivity index (χ1v) is 5.42. The Bertz CT molecular complexity index is 396. The lowest BCUT2D eigenvalue weighted by Gasteiger charge is -2.16. The lowest BCUT2D eigenvalue weighted by atomic mass is 10.1. The number of nitrogens with zero attached hydrogens (tertiary/aromatic N) is 1. The van der Waals surface area contributed by atoms with E-state index in [-0.39, 0.29) is 12.3 Å². The van der Waals surface area contributed by atoms with Gasteiger partial charge in [-0.05, 0) is 18.1 Å². The molecule has 0 radical (unpaired) electrons. The van der Waals surface area contributed by atoms with Crippen molar-refractivity contribution in [3.63, 3.8) is 0 Å². The van der Waals surface area contributed by atoms with Crippen LogP contribution in [0.1, 0.15) is 12.0 Å². The van der Waals surface area contributed by atoms with Gasteiger partial charge in [0.1, 0.15) is 11.6 Å². The first kappa shape index (κ1) is 13.6. The average molecular weight is 242 g/mol. The van der Waals surface area contributed by atoms with Gasteiger partial charge in [-0.1, -0.05) is 6.07 Å². The van der Waals surface area contributed by atoms with E-state index in [2.05, 4.69) is 0 Å². The molecule has 0 unspecified atom stereocenters. The maximum atomic E-state index is 13.3. The van der Waals surface area contributed by atoms with Gasteiger partial charge in [0.15, 0.2) is 0 Å². The summed E-state index contributed by atoms with van der Waals surface area (Å²) in [7, 11) is 1.64. The summed E-state index contributed by atoms with van der Waals surface area (Å²) in [4.78, 5) is 12.9. The summed E-state index contributed by atoms with van der Waals surface area (Å²) < 4.78 is 25.9. The molecule has 0 saturated heterocycles. The minimum Gasteiger partial charge on any atom is -0.345 e. The number of carbonyl (C=O) groups is 1. The molecule has 1 aromatic carbocycles. The van der Waals surface area contributed by atoms with Crippen molar-refractivity contribution in [3.8, 4) is 0 Å². The molecule has 0 saturated carbocycles. The molecule has 0 fully saturated rings. The number of nitrogens with two attached hydrogens (primary N) is 1. The van der Waals surface area contributed by atoms with Crippen LogP contribution in [-0.2, 0) is 11.2 Å². The van der Waals surface area contributed by atoms with Gasteiger partial charge in [-0.3, -0.25) is 4.79 Å². The molecule has 0 atom stereocenters. The maximum Gasteiger partial charge on any atom is 0.223 e. The van der Waals surface area contributed by atoms with Crippen LogP contribution in [0.25, 0.3) is 0 Å². The minimum atomic E-state index is -0.598. The molecule has 1 amide bonds. The molecule has 0 aliphatic rings. The standard InChI is InChI=1S/C12H16F2N2O/c1-16(12(17)4-6-15)7-5-9-2-3-10(13)8-11(9)14/h2-3,8H,4-7,15H2,1H3. The highest BCUT2D eigenvalue weighted by molar-refractivity contribution is 5.76. The Hall–Kier alpha value is -1.49. The highest BCUT2D eigenvalue weighted by atomic mass is 19.1. The Kier molecular flexibility index (Phi) is 5.03. The fraction of sp³-hybridized carbons (Fsp3) is 0.417. The molecule has 94 valence electrons. The third-order valence-electron chi connectivity index (χ3n) is 2.52. The number of rotatable bonds is 5. The summed E-state index contributed by atoms with van der Waals surface area (Å²) in [5.74, 6) is -1.25. The summed E-state index contributed by atoms with van der Waals surface area (Å²) in [6, 6.07) is 3.45. The van der Waals surface area contributed by atoms with Gasteiger partial charge < -0.3 is 10.6 Å². The predicted octanol–water partition coefficient (Wildman–Crippen LogP) is 1.31. The Balaban J connectivity index is 2.52. The second kappa shape index (κ2) is 6.30. The summed E-state index contributed by atoms with van der Waals surface area (Å²) in [6.07, 6.45) is 0.640. The van der Waals surface area contributed by atoms with E-state index in [1.807, 2.05) is 0 Å². The van der Waals surface area contributed by atoms with Gasteiger partial charge in [0.2, 0.25) is 5.91 Å². The maximum absolute atomic E-state index is 13.3. The second-order valence-corrected chi connectivity index (χ2v) is 3.84. The van der Waals surface area contributed by atoms with Crippen molar-refractivity contribution < 1.29 is 13.6 Å². The lowest BCUT2D eigenvalue weighted by molar-refractivity contribution is -0.129. The van der Waals surface area contributed by atoms with Crippen molar-refractivity contribution in [1.29, 1.82) is 0 Å². The zero-order valence-electron chi connectivity index (χ0n) is 9.75. The molecule has 0 heterocycles. The predicted molar refractivity (Wildman–Crippen MR) is 61.4 cm³/mol. The average Bonchev–Trinajstić information content (AvgIpc) is 2.27.